The van der Waals surface area contributed by atoms with Gasteiger partial charge in [-0.15, -0.1) is 11.3 Å². The van der Waals surface area contributed by atoms with Crippen molar-refractivity contribution in [2.75, 3.05) is 19.6 Å². The van der Waals surface area contributed by atoms with Gasteiger partial charge in [-0.2, -0.15) is 0 Å². The molecule has 2 heterocycles. The number of aliphatic hydroxyl groups is 1. The van der Waals surface area contributed by atoms with E-state index in [4.69, 9.17) is 0 Å². The molecule has 0 saturated carbocycles. The van der Waals surface area contributed by atoms with Gasteiger partial charge in [0.2, 0.25) is 0 Å². The molecule has 84 valence electrons. The molecule has 1 aromatic rings. The molecule has 1 aromatic heterocycles. The van der Waals surface area contributed by atoms with E-state index in [1.165, 1.54) is 8.66 Å². The van der Waals surface area contributed by atoms with Crippen molar-refractivity contribution in [3.8, 4) is 0 Å². The molecular formula is C10H15BrN2OS. The highest BCUT2D eigenvalue weighted by atomic mass is 79.9. The Morgan fingerprint density at radius 3 is 3.00 bits per heavy atom. The molecule has 1 fully saturated rings. The summed E-state index contributed by atoms with van der Waals surface area (Å²) < 4.78 is 1.17. The third-order valence-corrected chi connectivity index (χ3v) is 4.26. The zero-order chi connectivity index (χ0) is 10.7. The Morgan fingerprint density at radius 2 is 2.40 bits per heavy atom. The van der Waals surface area contributed by atoms with Crippen molar-refractivity contribution in [2.45, 2.75) is 12.6 Å². The molecule has 15 heavy (non-hydrogen) atoms. The van der Waals surface area contributed by atoms with E-state index in [0.29, 0.717) is 5.92 Å². The van der Waals surface area contributed by atoms with Crippen LogP contribution in [0.5, 0.6) is 0 Å². The highest BCUT2D eigenvalue weighted by Crippen LogP contribution is 2.21. The van der Waals surface area contributed by atoms with Crippen LogP contribution in [-0.4, -0.2) is 30.8 Å². The lowest BCUT2D eigenvalue weighted by Crippen LogP contribution is -2.29. The summed E-state index contributed by atoms with van der Waals surface area (Å²) in [5.41, 5.74) is 0. The Labute approximate surface area is 102 Å². The second-order valence-corrected chi connectivity index (χ2v) is 6.37. The monoisotopic (exact) mass is 290 g/mol. The molecule has 3 N–H and O–H groups in total. The fraction of sp³-hybridized carbons (Fsp3) is 0.600. The van der Waals surface area contributed by atoms with Crippen LogP contribution < -0.4 is 10.6 Å². The summed E-state index contributed by atoms with van der Waals surface area (Å²) in [5, 5.41) is 16.1. The van der Waals surface area contributed by atoms with Crippen LogP contribution in [0.3, 0.4) is 0 Å². The van der Waals surface area contributed by atoms with Gasteiger partial charge in [-0.1, -0.05) is 0 Å². The first-order valence-electron chi connectivity index (χ1n) is 5.09. The average Bonchev–Trinajstić information content (AvgIpc) is 2.77. The second kappa shape index (κ2) is 5.41. The normalized spacial score (nSPS) is 26.0. The highest BCUT2D eigenvalue weighted by molar-refractivity contribution is 9.11. The van der Waals surface area contributed by atoms with Crippen LogP contribution in [0.4, 0.5) is 0 Å². The number of hydrogen-bond donors (Lipinski definition) is 3. The van der Waals surface area contributed by atoms with Crippen molar-refractivity contribution >= 4 is 27.3 Å². The van der Waals surface area contributed by atoms with Gasteiger partial charge in [0.15, 0.2) is 0 Å². The molecular weight excluding hydrogens is 276 g/mol. The molecule has 0 aromatic carbocycles. The van der Waals surface area contributed by atoms with Crippen molar-refractivity contribution in [1.82, 2.24) is 10.6 Å². The van der Waals surface area contributed by atoms with Crippen LogP contribution in [0.2, 0.25) is 0 Å². The van der Waals surface area contributed by atoms with Gasteiger partial charge in [0.1, 0.15) is 0 Å². The first-order chi connectivity index (χ1) is 7.25. The van der Waals surface area contributed by atoms with E-state index in [9.17, 15) is 5.11 Å². The first-order valence-corrected chi connectivity index (χ1v) is 6.70. The maximum absolute atomic E-state index is 9.58. The molecule has 3 nitrogen and oxygen atoms in total. The Kier molecular flexibility index (Phi) is 4.16. The van der Waals surface area contributed by atoms with Crippen molar-refractivity contribution < 1.29 is 5.11 Å². The summed E-state index contributed by atoms with van der Waals surface area (Å²) in [4.78, 5) is 1.32. The number of thiophene rings is 1. The van der Waals surface area contributed by atoms with Gasteiger partial charge in [0.25, 0.3) is 0 Å². The Morgan fingerprint density at radius 1 is 1.53 bits per heavy atom. The standard InChI is InChI=1S/C10H15BrN2OS/c11-10-2-1-8(15-10)5-12-3-7-4-13-6-9(7)14/h1-2,7,9,12-14H,3-6H2. The molecule has 0 radical (unpaired) electrons. The maximum atomic E-state index is 9.58. The fourth-order valence-electron chi connectivity index (χ4n) is 1.76. The molecule has 1 aliphatic rings. The molecule has 1 saturated heterocycles. The SMILES string of the molecule is OC1CNCC1CNCc1ccc(Br)s1. The molecule has 0 spiro atoms. The molecule has 5 heteroatoms. The van der Waals surface area contributed by atoms with Crippen LogP contribution >= 0.6 is 27.3 Å². The first kappa shape index (κ1) is 11.5. The van der Waals surface area contributed by atoms with Crippen LogP contribution in [0.15, 0.2) is 15.9 Å². The van der Waals surface area contributed by atoms with Gasteiger partial charge in [0.05, 0.1) is 9.89 Å². The van der Waals surface area contributed by atoms with Crippen LogP contribution in [-0.2, 0) is 6.54 Å². The minimum Gasteiger partial charge on any atom is -0.391 e. The van der Waals surface area contributed by atoms with E-state index >= 15 is 0 Å². The zero-order valence-corrected chi connectivity index (χ0v) is 10.8. The summed E-state index contributed by atoms with van der Waals surface area (Å²) in [6, 6.07) is 4.18. The van der Waals surface area contributed by atoms with E-state index in [0.717, 1.165) is 26.2 Å². The quantitative estimate of drug-likeness (QED) is 0.780. The number of nitrogens with one attached hydrogen (secondary N) is 2. The van der Waals surface area contributed by atoms with E-state index in [2.05, 4.69) is 38.7 Å². The van der Waals surface area contributed by atoms with E-state index in [1.807, 2.05) is 0 Å². The van der Waals surface area contributed by atoms with Gasteiger partial charge in [-0.25, -0.2) is 0 Å². The summed E-state index contributed by atoms with van der Waals surface area (Å²) in [7, 11) is 0. The number of hydrogen-bond acceptors (Lipinski definition) is 4. The lowest BCUT2D eigenvalue weighted by atomic mass is 10.1. The van der Waals surface area contributed by atoms with Crippen LogP contribution in [0.1, 0.15) is 4.88 Å². The minimum atomic E-state index is -0.187. The molecule has 2 rings (SSSR count). The second-order valence-electron chi connectivity index (χ2n) is 3.82. The lowest BCUT2D eigenvalue weighted by Gasteiger charge is -2.13. The van der Waals surface area contributed by atoms with Gasteiger partial charge in [-0.05, 0) is 28.1 Å². The lowest BCUT2D eigenvalue weighted by molar-refractivity contribution is 0.146. The summed E-state index contributed by atoms with van der Waals surface area (Å²) in [6.07, 6.45) is -0.187. The van der Waals surface area contributed by atoms with Gasteiger partial charge in [0, 0.05) is 37.0 Å². The van der Waals surface area contributed by atoms with E-state index < -0.39 is 0 Å². The Hall–Kier alpha value is 0.0600. The van der Waals surface area contributed by atoms with Gasteiger partial charge >= 0.3 is 0 Å². The molecule has 2 atom stereocenters. The molecule has 1 aliphatic heterocycles. The van der Waals surface area contributed by atoms with E-state index in [-0.39, 0.29) is 6.10 Å². The summed E-state index contributed by atoms with van der Waals surface area (Å²) in [5.74, 6) is 0.355. The predicted molar refractivity (Wildman–Crippen MR) is 66.1 cm³/mol. The molecule has 0 amide bonds. The van der Waals surface area contributed by atoms with Crippen molar-refractivity contribution in [1.29, 1.82) is 0 Å². The number of rotatable bonds is 4. The van der Waals surface area contributed by atoms with Crippen molar-refractivity contribution in [3.05, 3.63) is 20.8 Å². The smallest absolute Gasteiger partial charge is 0.0716 e. The third-order valence-electron chi connectivity index (χ3n) is 2.64. The number of aliphatic hydroxyl groups excluding tert-OH is 1. The van der Waals surface area contributed by atoms with E-state index in [1.54, 1.807) is 11.3 Å². The highest BCUT2D eigenvalue weighted by Gasteiger charge is 2.23. The Bertz CT molecular complexity index is 318. The average molecular weight is 291 g/mol. The Balaban J connectivity index is 1.70. The fourth-order valence-corrected chi connectivity index (χ4v) is 3.21. The predicted octanol–water partition coefficient (Wildman–Crippen LogP) is 1.18. The number of halogens is 1. The molecule has 0 bridgehead atoms. The van der Waals surface area contributed by atoms with Crippen LogP contribution in [0.25, 0.3) is 0 Å². The molecule has 0 aliphatic carbocycles. The summed E-state index contributed by atoms with van der Waals surface area (Å²) >= 11 is 5.19. The summed E-state index contributed by atoms with van der Waals surface area (Å²) in [6.45, 7) is 3.42. The topological polar surface area (TPSA) is 44.3 Å². The van der Waals surface area contributed by atoms with Crippen molar-refractivity contribution in [2.24, 2.45) is 5.92 Å². The van der Waals surface area contributed by atoms with Gasteiger partial charge in [-0.3, -0.25) is 0 Å². The van der Waals surface area contributed by atoms with Crippen molar-refractivity contribution in [3.63, 3.8) is 0 Å². The van der Waals surface area contributed by atoms with Crippen LogP contribution in [0, 0.1) is 5.92 Å². The molecule has 2 unspecified atom stereocenters. The van der Waals surface area contributed by atoms with Gasteiger partial charge < -0.3 is 15.7 Å². The minimum absolute atomic E-state index is 0.187. The largest absolute Gasteiger partial charge is 0.391 e. The third kappa shape index (κ3) is 3.26. The maximum Gasteiger partial charge on any atom is 0.0716 e. The zero-order valence-electron chi connectivity index (χ0n) is 8.37. The number of β-amino-alcohol motifs (C(OH)–C–C–N with tert-alkyl or cyclic N) is 1.